The van der Waals surface area contributed by atoms with Gasteiger partial charge in [0.05, 0.1) is 5.56 Å². The summed E-state index contributed by atoms with van der Waals surface area (Å²) in [5, 5.41) is 6.93. The Kier molecular flexibility index (Phi) is 1.64. The Morgan fingerprint density at radius 1 is 1.29 bits per heavy atom. The Balaban J connectivity index is 2.33. The number of hydrogen-bond acceptors (Lipinski definition) is 3. The third-order valence-corrected chi connectivity index (χ3v) is 3.12. The molecule has 67 valence electrons. The standard InChI is InChI=1S/C11H6NOS/c1-2-4-11-9(3-1)10(7-14-11)8-5-12-13-6-8/h1-4,6-7H. The van der Waals surface area contributed by atoms with Crippen molar-refractivity contribution in [3.05, 3.63) is 42.1 Å². The maximum atomic E-state index is 4.79. The average molecular weight is 200 g/mol. The van der Waals surface area contributed by atoms with Gasteiger partial charge in [-0.25, -0.2) is 0 Å². The molecule has 0 bridgehead atoms. The predicted octanol–water partition coefficient (Wildman–Crippen LogP) is 3.36. The molecule has 14 heavy (non-hydrogen) atoms. The van der Waals surface area contributed by atoms with Crippen molar-refractivity contribution in [2.24, 2.45) is 0 Å². The van der Waals surface area contributed by atoms with Crippen molar-refractivity contribution in [3.8, 4) is 11.1 Å². The van der Waals surface area contributed by atoms with Gasteiger partial charge in [0.1, 0.15) is 12.5 Å². The summed E-state index contributed by atoms with van der Waals surface area (Å²) in [6.07, 6.45) is 4.44. The first kappa shape index (κ1) is 7.76. The Morgan fingerprint density at radius 2 is 2.21 bits per heavy atom. The lowest BCUT2D eigenvalue weighted by molar-refractivity contribution is 0.418. The fourth-order valence-corrected chi connectivity index (χ4v) is 2.45. The molecule has 0 amide bonds. The van der Waals surface area contributed by atoms with Crippen LogP contribution in [0, 0.1) is 6.20 Å². The number of hydrogen-bond donors (Lipinski definition) is 0. The van der Waals surface area contributed by atoms with E-state index >= 15 is 0 Å². The van der Waals surface area contributed by atoms with E-state index in [1.807, 2.05) is 12.1 Å². The fourth-order valence-electron chi connectivity index (χ4n) is 1.49. The zero-order valence-corrected chi connectivity index (χ0v) is 8.04. The fraction of sp³-hybridized carbons (Fsp3) is 0. The van der Waals surface area contributed by atoms with Gasteiger partial charge in [-0.05, 0) is 11.4 Å². The predicted molar refractivity (Wildman–Crippen MR) is 56.2 cm³/mol. The summed E-state index contributed by atoms with van der Waals surface area (Å²) in [4.78, 5) is 0. The first-order valence-electron chi connectivity index (χ1n) is 4.24. The molecule has 3 aromatic rings. The van der Waals surface area contributed by atoms with Crippen LogP contribution in [0.3, 0.4) is 0 Å². The highest BCUT2D eigenvalue weighted by Gasteiger charge is 2.07. The Bertz CT molecular complexity index is 553. The van der Waals surface area contributed by atoms with Crippen molar-refractivity contribution >= 4 is 21.4 Å². The molecule has 0 aliphatic carbocycles. The molecule has 2 heterocycles. The Morgan fingerprint density at radius 3 is 3.07 bits per heavy atom. The van der Waals surface area contributed by atoms with Crippen molar-refractivity contribution < 1.29 is 4.52 Å². The molecule has 0 aliphatic rings. The summed E-state index contributed by atoms with van der Waals surface area (Å²) in [7, 11) is 0. The van der Waals surface area contributed by atoms with Crippen LogP contribution in [-0.4, -0.2) is 5.16 Å². The first-order valence-corrected chi connectivity index (χ1v) is 5.12. The molecule has 3 heteroatoms. The van der Waals surface area contributed by atoms with Crippen molar-refractivity contribution in [2.45, 2.75) is 0 Å². The summed E-state index contributed by atoms with van der Waals surface area (Å²) in [6, 6.07) is 8.28. The molecular formula is C11H6NOS. The lowest BCUT2D eigenvalue weighted by atomic mass is 10.1. The van der Waals surface area contributed by atoms with E-state index in [1.54, 1.807) is 17.6 Å². The van der Waals surface area contributed by atoms with Crippen LogP contribution in [0.4, 0.5) is 0 Å². The van der Waals surface area contributed by atoms with Crippen LogP contribution in [0.5, 0.6) is 0 Å². The highest BCUT2D eigenvalue weighted by molar-refractivity contribution is 7.17. The Hall–Kier alpha value is -1.61. The summed E-state index contributed by atoms with van der Waals surface area (Å²) >= 11 is 1.72. The molecule has 2 aromatic heterocycles. The van der Waals surface area contributed by atoms with Gasteiger partial charge in [0, 0.05) is 15.6 Å². The molecule has 1 aromatic carbocycles. The number of nitrogens with zero attached hydrogens (tertiary/aromatic N) is 1. The minimum atomic E-state index is 0.919. The van der Waals surface area contributed by atoms with E-state index in [1.165, 1.54) is 10.1 Å². The van der Waals surface area contributed by atoms with E-state index in [4.69, 9.17) is 4.52 Å². The molecule has 3 rings (SSSR count). The van der Waals surface area contributed by atoms with Crippen molar-refractivity contribution in [1.82, 2.24) is 5.16 Å². The highest BCUT2D eigenvalue weighted by Crippen LogP contribution is 2.32. The number of benzene rings is 1. The summed E-state index contributed by atoms with van der Waals surface area (Å²) in [5.41, 5.74) is 2.06. The topological polar surface area (TPSA) is 26.0 Å². The van der Waals surface area contributed by atoms with Gasteiger partial charge in [-0.15, -0.1) is 11.3 Å². The minimum Gasteiger partial charge on any atom is -0.363 e. The molecule has 0 saturated heterocycles. The quantitative estimate of drug-likeness (QED) is 0.602. The van der Waals surface area contributed by atoms with Gasteiger partial charge in [-0.3, -0.25) is 0 Å². The normalized spacial score (nSPS) is 10.9. The van der Waals surface area contributed by atoms with Gasteiger partial charge in [-0.2, -0.15) is 0 Å². The molecule has 0 aliphatic heterocycles. The van der Waals surface area contributed by atoms with Crippen molar-refractivity contribution in [2.75, 3.05) is 0 Å². The van der Waals surface area contributed by atoms with E-state index in [0.29, 0.717) is 0 Å². The van der Waals surface area contributed by atoms with E-state index in [9.17, 15) is 0 Å². The second-order valence-electron chi connectivity index (χ2n) is 2.99. The van der Waals surface area contributed by atoms with Crippen LogP contribution < -0.4 is 0 Å². The van der Waals surface area contributed by atoms with Gasteiger partial charge in [0.15, 0.2) is 0 Å². The number of aromatic nitrogens is 1. The van der Waals surface area contributed by atoms with Crippen LogP contribution in [-0.2, 0) is 0 Å². The monoisotopic (exact) mass is 200 g/mol. The molecule has 0 saturated carbocycles. The van der Waals surface area contributed by atoms with Crippen LogP contribution in [0.15, 0.2) is 40.4 Å². The van der Waals surface area contributed by atoms with Gasteiger partial charge in [-0.1, -0.05) is 23.4 Å². The maximum absolute atomic E-state index is 4.79. The van der Waals surface area contributed by atoms with Gasteiger partial charge in [0.25, 0.3) is 0 Å². The number of thiophene rings is 1. The van der Waals surface area contributed by atoms with Gasteiger partial charge in [0.2, 0.25) is 0 Å². The Labute approximate surface area is 84.8 Å². The highest BCUT2D eigenvalue weighted by atomic mass is 32.1. The summed E-state index contributed by atoms with van der Waals surface area (Å²) in [6.45, 7) is 0. The largest absolute Gasteiger partial charge is 0.363 e. The molecule has 0 unspecified atom stereocenters. The zero-order valence-electron chi connectivity index (χ0n) is 7.23. The van der Waals surface area contributed by atoms with Crippen molar-refractivity contribution in [1.29, 1.82) is 0 Å². The van der Waals surface area contributed by atoms with Crippen LogP contribution >= 0.6 is 11.3 Å². The second-order valence-corrected chi connectivity index (χ2v) is 3.90. The summed E-state index contributed by atoms with van der Waals surface area (Å²) < 4.78 is 6.06. The van der Waals surface area contributed by atoms with E-state index < -0.39 is 0 Å². The lowest BCUT2D eigenvalue weighted by Gasteiger charge is -1.91. The molecule has 0 atom stereocenters. The number of fused-ring (bicyclic) bond motifs is 1. The average Bonchev–Trinajstić information content (AvgIpc) is 2.85. The van der Waals surface area contributed by atoms with Crippen LogP contribution in [0.1, 0.15) is 0 Å². The van der Waals surface area contributed by atoms with E-state index in [-0.39, 0.29) is 0 Å². The zero-order chi connectivity index (χ0) is 9.38. The molecular weight excluding hydrogens is 194 g/mol. The molecule has 1 radical (unpaired) electrons. The van der Waals surface area contributed by atoms with Crippen LogP contribution in [0.25, 0.3) is 21.2 Å². The third-order valence-electron chi connectivity index (χ3n) is 2.16. The molecule has 0 fully saturated rings. The van der Waals surface area contributed by atoms with Crippen molar-refractivity contribution in [3.63, 3.8) is 0 Å². The maximum Gasteiger partial charge on any atom is 0.144 e. The lowest BCUT2D eigenvalue weighted by Crippen LogP contribution is -1.69. The van der Waals surface area contributed by atoms with Crippen LogP contribution in [0.2, 0.25) is 0 Å². The number of rotatable bonds is 1. The van der Waals surface area contributed by atoms with Gasteiger partial charge < -0.3 is 4.52 Å². The molecule has 2 nitrogen and oxygen atoms in total. The molecule has 0 spiro atoms. The third kappa shape index (κ3) is 1.06. The SMILES string of the molecule is [c]1nocc1-c1csc2ccccc12. The molecule has 0 N–H and O–H groups in total. The summed E-state index contributed by atoms with van der Waals surface area (Å²) in [5.74, 6) is 0. The smallest absolute Gasteiger partial charge is 0.144 e. The van der Waals surface area contributed by atoms with Gasteiger partial charge >= 0.3 is 0 Å². The second kappa shape index (κ2) is 2.96. The minimum absolute atomic E-state index is 0.919. The van der Waals surface area contributed by atoms with E-state index in [0.717, 1.165) is 11.1 Å². The van der Waals surface area contributed by atoms with E-state index in [2.05, 4.69) is 28.9 Å². The first-order chi connectivity index (χ1) is 6.95.